The average molecular weight is 565 g/mol. The number of halogens is 3. The SMILES string of the molecule is CC(c1ccccc1OCCCNC(=O)C(C)(C)C)N(c1cc(F)ccc1F)S(=O)(=O)c1ccc(Cl)cc1. The summed E-state index contributed by atoms with van der Waals surface area (Å²) in [6.45, 7) is 7.68. The van der Waals surface area contributed by atoms with E-state index in [0.29, 0.717) is 29.3 Å². The molecule has 0 bridgehead atoms. The van der Waals surface area contributed by atoms with Gasteiger partial charge in [-0.05, 0) is 55.8 Å². The predicted molar refractivity (Wildman–Crippen MR) is 145 cm³/mol. The molecule has 0 heterocycles. The van der Waals surface area contributed by atoms with E-state index in [-0.39, 0.29) is 17.4 Å². The van der Waals surface area contributed by atoms with Gasteiger partial charge in [0, 0.05) is 28.6 Å². The summed E-state index contributed by atoms with van der Waals surface area (Å²) in [5.41, 5.74) is -0.492. The van der Waals surface area contributed by atoms with Gasteiger partial charge in [-0.3, -0.25) is 9.10 Å². The molecule has 3 aromatic rings. The lowest BCUT2D eigenvalue weighted by molar-refractivity contribution is -0.128. The van der Waals surface area contributed by atoms with Crippen molar-refractivity contribution in [2.45, 2.75) is 45.1 Å². The van der Waals surface area contributed by atoms with E-state index in [1.807, 2.05) is 20.8 Å². The third-order valence-electron chi connectivity index (χ3n) is 5.78. The number of nitrogens with one attached hydrogen (secondary N) is 1. The van der Waals surface area contributed by atoms with Crippen molar-refractivity contribution in [3.8, 4) is 5.75 Å². The van der Waals surface area contributed by atoms with Crippen LogP contribution in [0.5, 0.6) is 5.75 Å². The second-order valence-corrected chi connectivity index (χ2v) is 12.0. The maximum absolute atomic E-state index is 15.0. The van der Waals surface area contributed by atoms with Crippen LogP contribution >= 0.6 is 11.6 Å². The first-order valence-corrected chi connectivity index (χ1v) is 13.9. The van der Waals surface area contributed by atoms with E-state index < -0.39 is 38.8 Å². The molecule has 204 valence electrons. The van der Waals surface area contributed by atoms with Gasteiger partial charge in [0.05, 0.1) is 23.2 Å². The number of hydrogen-bond donors (Lipinski definition) is 1. The van der Waals surface area contributed by atoms with Crippen molar-refractivity contribution in [3.63, 3.8) is 0 Å². The van der Waals surface area contributed by atoms with Crippen LogP contribution in [0, 0.1) is 17.0 Å². The van der Waals surface area contributed by atoms with Crippen molar-refractivity contribution in [2.75, 3.05) is 17.5 Å². The summed E-state index contributed by atoms with van der Waals surface area (Å²) in [7, 11) is -4.36. The maximum atomic E-state index is 15.0. The summed E-state index contributed by atoms with van der Waals surface area (Å²) in [5.74, 6) is -1.38. The molecule has 1 atom stereocenters. The standard InChI is InChI=1S/C28H31ClF2N2O4S/c1-19(23-8-5-6-9-26(23)37-17-7-16-32-27(34)28(2,3)4)33(25-18-21(30)12-15-24(25)31)38(35,36)22-13-10-20(29)11-14-22/h5-6,8-15,18-19H,7,16-17H2,1-4H3,(H,32,34). The van der Waals surface area contributed by atoms with Gasteiger partial charge in [-0.1, -0.05) is 50.6 Å². The van der Waals surface area contributed by atoms with Gasteiger partial charge in [0.25, 0.3) is 10.0 Å². The highest BCUT2D eigenvalue weighted by atomic mass is 35.5. The second-order valence-electron chi connectivity index (χ2n) is 9.77. The third kappa shape index (κ3) is 7.02. The lowest BCUT2D eigenvalue weighted by atomic mass is 9.96. The zero-order chi connectivity index (χ0) is 28.1. The second kappa shape index (κ2) is 12.1. The van der Waals surface area contributed by atoms with Gasteiger partial charge in [0.1, 0.15) is 17.4 Å². The summed E-state index contributed by atoms with van der Waals surface area (Å²) in [4.78, 5) is 11.9. The van der Waals surface area contributed by atoms with E-state index >= 15 is 0 Å². The number of nitrogens with zero attached hydrogens (tertiary/aromatic N) is 1. The van der Waals surface area contributed by atoms with Crippen LogP contribution in [0.15, 0.2) is 71.6 Å². The fraction of sp³-hybridized carbons (Fsp3) is 0.321. The minimum absolute atomic E-state index is 0.0771. The Morgan fingerprint density at radius 3 is 2.37 bits per heavy atom. The minimum Gasteiger partial charge on any atom is -0.493 e. The fourth-order valence-electron chi connectivity index (χ4n) is 3.73. The normalized spacial score (nSPS) is 12.6. The number of benzene rings is 3. The molecule has 10 heteroatoms. The topological polar surface area (TPSA) is 75.7 Å². The van der Waals surface area contributed by atoms with Crippen molar-refractivity contribution in [1.29, 1.82) is 0 Å². The molecule has 0 radical (unpaired) electrons. The van der Waals surface area contributed by atoms with E-state index in [1.165, 1.54) is 24.3 Å². The van der Waals surface area contributed by atoms with Crippen LogP contribution in [0.25, 0.3) is 0 Å². The van der Waals surface area contributed by atoms with Crippen LogP contribution in [0.4, 0.5) is 14.5 Å². The first-order chi connectivity index (χ1) is 17.8. The molecule has 0 aliphatic rings. The Morgan fingerprint density at radius 1 is 1.05 bits per heavy atom. The minimum atomic E-state index is -4.36. The molecule has 0 spiro atoms. The number of carbonyl (C=O) groups is 1. The van der Waals surface area contributed by atoms with Gasteiger partial charge in [0.15, 0.2) is 0 Å². The molecule has 0 fully saturated rings. The average Bonchev–Trinajstić information content (AvgIpc) is 2.85. The van der Waals surface area contributed by atoms with Crippen LogP contribution in [-0.2, 0) is 14.8 Å². The van der Waals surface area contributed by atoms with Gasteiger partial charge in [0.2, 0.25) is 5.91 Å². The quantitative estimate of drug-likeness (QED) is 0.285. The molecule has 38 heavy (non-hydrogen) atoms. The van der Waals surface area contributed by atoms with Crippen molar-refractivity contribution in [3.05, 3.63) is 89.0 Å². The number of para-hydroxylation sites is 1. The molecule has 6 nitrogen and oxygen atoms in total. The molecule has 3 aromatic carbocycles. The molecule has 0 aromatic heterocycles. The van der Waals surface area contributed by atoms with Crippen molar-refractivity contribution < 1.29 is 26.7 Å². The number of hydrogen-bond acceptors (Lipinski definition) is 4. The molecule has 0 saturated carbocycles. The Bertz CT molecular complexity index is 1380. The zero-order valence-electron chi connectivity index (χ0n) is 21.7. The molecule has 1 amide bonds. The molecule has 1 unspecified atom stereocenters. The molecule has 0 saturated heterocycles. The predicted octanol–water partition coefficient (Wildman–Crippen LogP) is 6.51. The molecule has 1 N–H and O–H groups in total. The highest BCUT2D eigenvalue weighted by Gasteiger charge is 2.34. The Labute approximate surface area is 227 Å². The van der Waals surface area contributed by atoms with Gasteiger partial charge in [-0.15, -0.1) is 0 Å². The molecule has 0 aliphatic heterocycles. The lowest BCUT2D eigenvalue weighted by Crippen LogP contribution is -2.35. The number of carbonyl (C=O) groups excluding carboxylic acids is 1. The summed E-state index contributed by atoms with van der Waals surface area (Å²) < 4.78 is 63.6. The van der Waals surface area contributed by atoms with E-state index in [4.69, 9.17) is 16.3 Å². The zero-order valence-corrected chi connectivity index (χ0v) is 23.2. The fourth-order valence-corrected chi connectivity index (χ4v) is 5.49. The first-order valence-electron chi connectivity index (χ1n) is 12.1. The van der Waals surface area contributed by atoms with Crippen LogP contribution in [0.2, 0.25) is 5.02 Å². The number of ether oxygens (including phenoxy) is 1. The van der Waals surface area contributed by atoms with Crippen molar-refractivity contribution >= 4 is 33.2 Å². The summed E-state index contributed by atoms with van der Waals surface area (Å²) in [5, 5.41) is 3.18. The maximum Gasteiger partial charge on any atom is 0.264 e. The Hall–Kier alpha value is -3.17. The monoisotopic (exact) mass is 564 g/mol. The number of anilines is 1. The Balaban J connectivity index is 1.93. The summed E-state index contributed by atoms with van der Waals surface area (Å²) in [6.07, 6.45) is 0.510. The van der Waals surface area contributed by atoms with Gasteiger partial charge in [-0.2, -0.15) is 0 Å². The third-order valence-corrected chi connectivity index (χ3v) is 7.93. The largest absolute Gasteiger partial charge is 0.493 e. The molecule has 3 rings (SSSR count). The van der Waals surface area contributed by atoms with Crippen molar-refractivity contribution in [2.24, 2.45) is 5.41 Å². The molecular formula is C28H31ClF2N2O4S. The number of rotatable bonds is 10. The highest BCUT2D eigenvalue weighted by molar-refractivity contribution is 7.92. The number of amides is 1. The van der Waals surface area contributed by atoms with Gasteiger partial charge >= 0.3 is 0 Å². The van der Waals surface area contributed by atoms with Crippen molar-refractivity contribution in [1.82, 2.24) is 5.32 Å². The summed E-state index contributed by atoms with van der Waals surface area (Å²) >= 11 is 5.94. The highest BCUT2D eigenvalue weighted by Crippen LogP contribution is 2.38. The first kappa shape index (κ1) is 29.4. The molecule has 0 aliphatic carbocycles. The van der Waals surface area contributed by atoms with Gasteiger partial charge in [-0.25, -0.2) is 17.2 Å². The molecular weight excluding hydrogens is 534 g/mol. The smallest absolute Gasteiger partial charge is 0.264 e. The van der Waals surface area contributed by atoms with Crippen LogP contribution < -0.4 is 14.4 Å². The Morgan fingerprint density at radius 2 is 1.71 bits per heavy atom. The van der Waals surface area contributed by atoms with Crippen LogP contribution in [0.3, 0.4) is 0 Å². The van der Waals surface area contributed by atoms with E-state index in [9.17, 15) is 22.0 Å². The Kier molecular flexibility index (Phi) is 9.38. The van der Waals surface area contributed by atoms with Crippen LogP contribution in [0.1, 0.15) is 45.7 Å². The van der Waals surface area contributed by atoms with E-state index in [2.05, 4.69) is 5.32 Å². The lowest BCUT2D eigenvalue weighted by Gasteiger charge is -2.32. The number of sulfonamides is 1. The van der Waals surface area contributed by atoms with Crippen LogP contribution in [-0.4, -0.2) is 27.5 Å². The van der Waals surface area contributed by atoms with E-state index in [1.54, 1.807) is 31.2 Å². The van der Waals surface area contributed by atoms with E-state index in [0.717, 1.165) is 22.5 Å². The van der Waals surface area contributed by atoms with Gasteiger partial charge < -0.3 is 10.1 Å². The summed E-state index contributed by atoms with van der Waals surface area (Å²) in [6, 6.07) is 13.9.